The highest BCUT2D eigenvalue weighted by Crippen LogP contribution is 2.06. The predicted octanol–water partition coefficient (Wildman–Crippen LogP) is 3.36. The molecule has 12 heavy (non-hydrogen) atoms. The second-order valence-corrected chi connectivity index (χ2v) is 1.97. The van der Waals surface area contributed by atoms with Gasteiger partial charge in [-0.05, 0) is 6.42 Å². The van der Waals surface area contributed by atoms with Crippen LogP contribution in [0.1, 0.15) is 6.42 Å². The van der Waals surface area contributed by atoms with Gasteiger partial charge in [0.1, 0.15) is 0 Å². The lowest BCUT2D eigenvalue weighted by atomic mass is 10.3. The first-order chi connectivity index (χ1) is 5.50. The maximum Gasteiger partial charge on any atom is 0.673 e. The summed E-state index contributed by atoms with van der Waals surface area (Å²) < 4.78 is 39.0. The van der Waals surface area contributed by atoms with E-state index in [4.69, 9.17) is 0 Å². The molecular weight excluding hydrogens is 171 g/mol. The van der Waals surface area contributed by atoms with E-state index >= 15 is 0 Å². The zero-order valence-corrected chi connectivity index (χ0v) is 6.26. The van der Waals surface area contributed by atoms with Crippen LogP contribution in [-0.2, 0) is 0 Å². The fourth-order valence-electron chi connectivity index (χ4n) is 0.521. The minimum atomic E-state index is -6.00. The van der Waals surface area contributed by atoms with Gasteiger partial charge in [0.05, 0.1) is 0 Å². The van der Waals surface area contributed by atoms with E-state index in [1.807, 2.05) is 12.2 Å². The van der Waals surface area contributed by atoms with Gasteiger partial charge in [0, 0.05) is 0 Å². The summed E-state index contributed by atoms with van der Waals surface area (Å²) >= 11 is 0. The number of allylic oxidation sites excluding steroid dienone is 6. The molecule has 0 amide bonds. The molecule has 0 unspecified atom stereocenters. The van der Waals surface area contributed by atoms with Gasteiger partial charge in [-0.2, -0.15) is 0 Å². The van der Waals surface area contributed by atoms with E-state index in [1.165, 1.54) is 0 Å². The maximum atomic E-state index is 9.75. The molecular formula is C7H8BF4-. The van der Waals surface area contributed by atoms with Crippen molar-refractivity contribution < 1.29 is 17.3 Å². The van der Waals surface area contributed by atoms with E-state index in [9.17, 15) is 17.3 Å². The van der Waals surface area contributed by atoms with Crippen molar-refractivity contribution in [2.24, 2.45) is 0 Å². The summed E-state index contributed by atoms with van der Waals surface area (Å²) in [6, 6.07) is 0. The summed E-state index contributed by atoms with van der Waals surface area (Å²) in [6.45, 7) is 0. The zero-order chi connectivity index (χ0) is 9.45. The molecule has 0 heterocycles. The average molecular weight is 179 g/mol. The van der Waals surface area contributed by atoms with Gasteiger partial charge in [-0.3, -0.25) is 0 Å². The lowest BCUT2D eigenvalue weighted by Gasteiger charge is -1.94. The average Bonchev–Trinajstić information content (AvgIpc) is 2.10. The molecule has 0 N–H and O–H groups in total. The predicted molar refractivity (Wildman–Crippen MR) is 42.2 cm³/mol. The molecule has 68 valence electrons. The SMILES string of the molecule is C1=CC=CCC=C1.F[B-](F)(F)F. The molecule has 5 heteroatoms. The van der Waals surface area contributed by atoms with E-state index in [0.717, 1.165) is 6.42 Å². The highest BCUT2D eigenvalue weighted by molar-refractivity contribution is 6.50. The molecule has 0 aromatic carbocycles. The van der Waals surface area contributed by atoms with Crippen LogP contribution in [0.15, 0.2) is 36.5 Å². The minimum Gasteiger partial charge on any atom is -0.418 e. The van der Waals surface area contributed by atoms with Crippen LogP contribution >= 0.6 is 0 Å². The second-order valence-electron chi connectivity index (χ2n) is 1.97. The quantitative estimate of drug-likeness (QED) is 0.395. The number of hydrogen-bond donors (Lipinski definition) is 0. The highest BCUT2D eigenvalue weighted by atomic mass is 19.5. The van der Waals surface area contributed by atoms with Crippen LogP contribution in [0.5, 0.6) is 0 Å². The van der Waals surface area contributed by atoms with E-state index in [-0.39, 0.29) is 0 Å². The summed E-state index contributed by atoms with van der Waals surface area (Å²) in [5.74, 6) is 0. The molecule has 0 aliphatic heterocycles. The van der Waals surface area contributed by atoms with E-state index < -0.39 is 7.25 Å². The smallest absolute Gasteiger partial charge is 0.418 e. The Kier molecular flexibility index (Phi) is 5.16. The highest BCUT2D eigenvalue weighted by Gasteiger charge is 2.20. The molecule has 1 rings (SSSR count). The van der Waals surface area contributed by atoms with Crippen molar-refractivity contribution in [3.05, 3.63) is 36.5 Å². The van der Waals surface area contributed by atoms with Crippen molar-refractivity contribution in [1.29, 1.82) is 0 Å². The molecule has 0 radical (unpaired) electrons. The topological polar surface area (TPSA) is 0 Å². The molecule has 0 fully saturated rings. The van der Waals surface area contributed by atoms with Crippen molar-refractivity contribution in [2.45, 2.75) is 6.42 Å². The van der Waals surface area contributed by atoms with Crippen LogP contribution in [0.25, 0.3) is 0 Å². The Morgan fingerprint density at radius 2 is 1.08 bits per heavy atom. The van der Waals surface area contributed by atoms with Gasteiger partial charge in [-0.1, -0.05) is 36.5 Å². The first kappa shape index (κ1) is 11.0. The molecule has 0 saturated heterocycles. The molecule has 0 saturated carbocycles. The molecule has 1 aliphatic rings. The van der Waals surface area contributed by atoms with Gasteiger partial charge in [-0.15, -0.1) is 0 Å². The van der Waals surface area contributed by atoms with E-state index in [2.05, 4.69) is 24.3 Å². The fraction of sp³-hybridized carbons (Fsp3) is 0.143. The van der Waals surface area contributed by atoms with Crippen LogP contribution in [0.3, 0.4) is 0 Å². The van der Waals surface area contributed by atoms with Gasteiger partial charge < -0.3 is 17.3 Å². The Morgan fingerprint density at radius 1 is 0.750 bits per heavy atom. The first-order valence-corrected chi connectivity index (χ1v) is 3.36. The number of halogens is 4. The second kappa shape index (κ2) is 5.63. The molecule has 0 aromatic heterocycles. The third kappa shape index (κ3) is 16.0. The van der Waals surface area contributed by atoms with Crippen molar-refractivity contribution in [1.82, 2.24) is 0 Å². The Hall–Kier alpha value is -0.995. The van der Waals surface area contributed by atoms with Crippen LogP contribution in [-0.4, -0.2) is 7.25 Å². The lowest BCUT2D eigenvalue weighted by Crippen LogP contribution is -2.02. The van der Waals surface area contributed by atoms with Crippen LogP contribution in [0.2, 0.25) is 0 Å². The minimum absolute atomic E-state index is 1.08. The van der Waals surface area contributed by atoms with Crippen molar-refractivity contribution in [3.63, 3.8) is 0 Å². The van der Waals surface area contributed by atoms with Gasteiger partial charge in [0.25, 0.3) is 0 Å². The van der Waals surface area contributed by atoms with Crippen molar-refractivity contribution >= 4 is 7.25 Å². The molecule has 0 spiro atoms. The van der Waals surface area contributed by atoms with Gasteiger partial charge in [0.15, 0.2) is 0 Å². The number of rotatable bonds is 0. The Balaban J connectivity index is 0.000000217. The lowest BCUT2D eigenvalue weighted by molar-refractivity contribution is 0.368. The van der Waals surface area contributed by atoms with E-state index in [1.54, 1.807) is 0 Å². The zero-order valence-electron chi connectivity index (χ0n) is 6.26. The normalized spacial score (nSPS) is 15.0. The molecule has 0 atom stereocenters. The Morgan fingerprint density at radius 3 is 1.42 bits per heavy atom. The van der Waals surface area contributed by atoms with Crippen molar-refractivity contribution in [2.75, 3.05) is 0 Å². The summed E-state index contributed by atoms with van der Waals surface area (Å²) in [5.41, 5.74) is 0. The van der Waals surface area contributed by atoms with Crippen LogP contribution < -0.4 is 0 Å². The monoisotopic (exact) mass is 179 g/mol. The molecule has 0 nitrogen and oxygen atoms in total. The first-order valence-electron chi connectivity index (χ1n) is 3.36. The van der Waals surface area contributed by atoms with Gasteiger partial charge in [0.2, 0.25) is 0 Å². The summed E-state index contributed by atoms with van der Waals surface area (Å²) in [4.78, 5) is 0. The third-order valence-electron chi connectivity index (χ3n) is 0.878. The molecule has 0 aromatic rings. The molecule has 1 aliphatic carbocycles. The Bertz CT molecular complexity index is 170. The largest absolute Gasteiger partial charge is 0.673 e. The summed E-state index contributed by atoms with van der Waals surface area (Å²) in [6.07, 6.45) is 13.5. The van der Waals surface area contributed by atoms with Crippen LogP contribution in [0, 0.1) is 0 Å². The number of hydrogen-bond acceptors (Lipinski definition) is 0. The van der Waals surface area contributed by atoms with Gasteiger partial charge in [-0.25, -0.2) is 0 Å². The standard InChI is InChI=1S/C7H8.BF4/c1-2-4-6-7-5-3-1;2-1(3,4)5/h1-6H,7H2;/q;-1. The molecule has 0 bridgehead atoms. The van der Waals surface area contributed by atoms with Crippen molar-refractivity contribution in [3.8, 4) is 0 Å². The van der Waals surface area contributed by atoms with Gasteiger partial charge >= 0.3 is 7.25 Å². The summed E-state index contributed by atoms with van der Waals surface area (Å²) in [5, 5.41) is 0. The maximum absolute atomic E-state index is 9.75. The third-order valence-corrected chi connectivity index (χ3v) is 0.878. The van der Waals surface area contributed by atoms with E-state index in [0.29, 0.717) is 0 Å². The van der Waals surface area contributed by atoms with Crippen LogP contribution in [0.4, 0.5) is 17.3 Å². The summed E-state index contributed by atoms with van der Waals surface area (Å²) in [7, 11) is -6.00. The fourth-order valence-corrected chi connectivity index (χ4v) is 0.521. The Labute approximate surface area is 68.4 Å².